The van der Waals surface area contributed by atoms with Crippen LogP contribution in [0.25, 0.3) is 0 Å². The molecular weight excluding hydrogens is 378 g/mol. The van der Waals surface area contributed by atoms with Gasteiger partial charge in [-0.15, -0.1) is 0 Å². The lowest BCUT2D eigenvalue weighted by atomic mass is 10.3. The third kappa shape index (κ3) is 3.87. The molecule has 1 aromatic heterocycles. The Morgan fingerprint density at radius 3 is 2.81 bits per heavy atom. The van der Waals surface area contributed by atoms with Gasteiger partial charge in [0.05, 0.1) is 10.7 Å². The Morgan fingerprint density at radius 2 is 2.10 bits per heavy atom. The summed E-state index contributed by atoms with van der Waals surface area (Å²) in [6.45, 7) is 2.43. The van der Waals surface area contributed by atoms with E-state index < -0.39 is 10.0 Å². The van der Waals surface area contributed by atoms with Crippen LogP contribution < -0.4 is 10.0 Å². The largest absolute Gasteiger partial charge is 0.369 e. The molecule has 0 fully saturated rings. The maximum atomic E-state index is 12.5. The van der Waals surface area contributed by atoms with Gasteiger partial charge in [0.15, 0.2) is 0 Å². The van der Waals surface area contributed by atoms with E-state index in [1.54, 1.807) is 24.3 Å². The lowest BCUT2D eigenvalue weighted by Crippen LogP contribution is -2.16. The summed E-state index contributed by atoms with van der Waals surface area (Å²) < 4.78 is 28.2. The van der Waals surface area contributed by atoms with Gasteiger partial charge in [-0.25, -0.2) is 13.4 Å². The molecule has 0 unspecified atom stereocenters. The number of sulfonamides is 1. The first-order chi connectivity index (χ1) is 9.94. The highest BCUT2D eigenvalue weighted by atomic mass is 79.9. The number of anilines is 2. The highest BCUT2D eigenvalue weighted by Crippen LogP contribution is 2.29. The van der Waals surface area contributed by atoms with Gasteiger partial charge in [-0.05, 0) is 37.3 Å². The van der Waals surface area contributed by atoms with E-state index in [1.165, 1.54) is 12.3 Å². The Hall–Kier alpha value is -1.31. The summed E-state index contributed by atoms with van der Waals surface area (Å²) in [6, 6.07) is 7.99. The third-order valence-electron chi connectivity index (χ3n) is 2.58. The van der Waals surface area contributed by atoms with E-state index in [1.807, 2.05) is 6.92 Å². The van der Waals surface area contributed by atoms with Crippen molar-refractivity contribution < 1.29 is 8.42 Å². The van der Waals surface area contributed by atoms with Gasteiger partial charge < -0.3 is 5.32 Å². The zero-order valence-electron chi connectivity index (χ0n) is 11.1. The Bertz CT molecular complexity index is 753. The fourth-order valence-corrected chi connectivity index (χ4v) is 3.47. The standard InChI is InChI=1S/C13H13BrClN3O2S/c1-2-16-13-12(4-3-7-17-13)21(19,20)18-11-8-9(14)5-6-10(11)15/h3-8,18H,2H2,1H3,(H,16,17). The Morgan fingerprint density at radius 1 is 1.33 bits per heavy atom. The van der Waals surface area contributed by atoms with Crippen LogP contribution in [0.4, 0.5) is 11.5 Å². The lowest BCUT2D eigenvalue weighted by molar-refractivity contribution is 0.601. The predicted molar refractivity (Wildman–Crippen MR) is 88.4 cm³/mol. The van der Waals surface area contributed by atoms with Crippen molar-refractivity contribution in [3.05, 3.63) is 46.0 Å². The van der Waals surface area contributed by atoms with E-state index in [2.05, 4.69) is 31.0 Å². The first-order valence-electron chi connectivity index (χ1n) is 6.11. The lowest BCUT2D eigenvalue weighted by Gasteiger charge is -2.13. The van der Waals surface area contributed by atoms with Gasteiger partial charge in [0, 0.05) is 17.2 Å². The number of halogens is 2. The molecule has 1 aromatic carbocycles. The molecular formula is C13H13BrClN3O2S. The fourth-order valence-electron chi connectivity index (χ4n) is 1.68. The topological polar surface area (TPSA) is 71.1 Å². The molecule has 2 N–H and O–H groups in total. The van der Waals surface area contributed by atoms with Crippen molar-refractivity contribution >= 4 is 49.1 Å². The van der Waals surface area contributed by atoms with Gasteiger partial charge in [-0.2, -0.15) is 0 Å². The average Bonchev–Trinajstić information content (AvgIpc) is 2.43. The number of pyridine rings is 1. The predicted octanol–water partition coefficient (Wildman–Crippen LogP) is 3.73. The zero-order chi connectivity index (χ0) is 15.5. The minimum Gasteiger partial charge on any atom is -0.369 e. The van der Waals surface area contributed by atoms with Crippen LogP contribution in [0.3, 0.4) is 0 Å². The van der Waals surface area contributed by atoms with Crippen molar-refractivity contribution in [3.8, 4) is 0 Å². The van der Waals surface area contributed by atoms with Crippen molar-refractivity contribution in [2.24, 2.45) is 0 Å². The van der Waals surface area contributed by atoms with Crippen LogP contribution in [-0.4, -0.2) is 19.9 Å². The number of nitrogens with zero attached hydrogens (tertiary/aromatic N) is 1. The molecule has 0 aliphatic rings. The van der Waals surface area contributed by atoms with Crippen molar-refractivity contribution in [1.29, 1.82) is 0 Å². The molecule has 0 radical (unpaired) electrons. The molecule has 0 saturated carbocycles. The number of nitrogens with one attached hydrogen (secondary N) is 2. The summed E-state index contributed by atoms with van der Waals surface area (Å²) >= 11 is 9.29. The van der Waals surface area contributed by atoms with E-state index in [4.69, 9.17) is 11.6 Å². The second-order valence-electron chi connectivity index (χ2n) is 4.11. The maximum Gasteiger partial charge on any atom is 0.265 e. The number of aromatic nitrogens is 1. The van der Waals surface area contributed by atoms with Crippen molar-refractivity contribution in [1.82, 2.24) is 4.98 Å². The Kier molecular flexibility index (Phi) is 5.08. The Labute approximate surface area is 136 Å². The number of hydrogen-bond donors (Lipinski definition) is 2. The summed E-state index contributed by atoms with van der Waals surface area (Å²) in [5.41, 5.74) is 0.303. The molecule has 2 rings (SSSR count). The van der Waals surface area contributed by atoms with E-state index in [0.29, 0.717) is 23.1 Å². The second kappa shape index (κ2) is 6.64. The summed E-state index contributed by atoms with van der Waals surface area (Å²) in [5.74, 6) is 0.304. The molecule has 21 heavy (non-hydrogen) atoms. The third-order valence-corrected chi connectivity index (χ3v) is 4.80. The van der Waals surface area contributed by atoms with Crippen molar-refractivity contribution in [2.75, 3.05) is 16.6 Å². The van der Waals surface area contributed by atoms with Crippen LogP contribution in [0.1, 0.15) is 6.92 Å². The monoisotopic (exact) mass is 389 g/mol. The summed E-state index contributed by atoms with van der Waals surface area (Å²) in [5, 5.41) is 3.24. The first kappa shape index (κ1) is 16.1. The first-order valence-corrected chi connectivity index (χ1v) is 8.76. The van der Waals surface area contributed by atoms with Gasteiger partial charge in [-0.1, -0.05) is 27.5 Å². The quantitative estimate of drug-likeness (QED) is 0.816. The number of hydrogen-bond acceptors (Lipinski definition) is 4. The molecule has 8 heteroatoms. The molecule has 1 heterocycles. The molecule has 0 spiro atoms. The van der Waals surface area contributed by atoms with Gasteiger partial charge in [0.1, 0.15) is 10.7 Å². The van der Waals surface area contributed by atoms with Crippen LogP contribution in [0, 0.1) is 0 Å². The summed E-state index contributed by atoms with van der Waals surface area (Å²) in [7, 11) is -3.79. The molecule has 0 aliphatic heterocycles. The highest BCUT2D eigenvalue weighted by molar-refractivity contribution is 9.10. The van der Waals surface area contributed by atoms with Crippen molar-refractivity contribution in [2.45, 2.75) is 11.8 Å². The minimum absolute atomic E-state index is 0.0721. The zero-order valence-corrected chi connectivity index (χ0v) is 14.3. The summed E-state index contributed by atoms with van der Waals surface area (Å²) in [4.78, 5) is 4.12. The van der Waals surface area contributed by atoms with Gasteiger partial charge >= 0.3 is 0 Å². The van der Waals surface area contributed by atoms with Crippen LogP contribution in [0.5, 0.6) is 0 Å². The highest BCUT2D eigenvalue weighted by Gasteiger charge is 2.20. The summed E-state index contributed by atoms with van der Waals surface area (Å²) in [6.07, 6.45) is 1.53. The number of benzene rings is 1. The van der Waals surface area contributed by atoms with E-state index in [9.17, 15) is 8.42 Å². The smallest absolute Gasteiger partial charge is 0.265 e. The molecule has 0 amide bonds. The van der Waals surface area contributed by atoms with E-state index in [0.717, 1.165) is 4.47 Å². The second-order valence-corrected chi connectivity index (χ2v) is 7.08. The van der Waals surface area contributed by atoms with Gasteiger partial charge in [0.2, 0.25) is 0 Å². The van der Waals surface area contributed by atoms with Gasteiger partial charge in [-0.3, -0.25) is 4.72 Å². The molecule has 2 aromatic rings. The van der Waals surface area contributed by atoms with Crippen LogP contribution in [0.2, 0.25) is 5.02 Å². The SMILES string of the molecule is CCNc1ncccc1S(=O)(=O)Nc1cc(Br)ccc1Cl. The Balaban J connectivity index is 2.41. The van der Waals surface area contributed by atoms with Crippen molar-refractivity contribution in [3.63, 3.8) is 0 Å². The maximum absolute atomic E-state index is 12.5. The normalized spacial score (nSPS) is 11.2. The molecule has 112 valence electrons. The van der Waals surface area contributed by atoms with Crippen LogP contribution in [0.15, 0.2) is 45.9 Å². The van der Waals surface area contributed by atoms with E-state index >= 15 is 0 Å². The van der Waals surface area contributed by atoms with Gasteiger partial charge in [0.25, 0.3) is 10.0 Å². The molecule has 0 bridgehead atoms. The van der Waals surface area contributed by atoms with E-state index in [-0.39, 0.29) is 4.90 Å². The number of rotatable bonds is 5. The molecule has 5 nitrogen and oxygen atoms in total. The fraction of sp³-hybridized carbons (Fsp3) is 0.154. The molecule has 0 atom stereocenters. The molecule has 0 aliphatic carbocycles. The molecule has 0 saturated heterocycles. The van der Waals surface area contributed by atoms with Crippen LogP contribution >= 0.6 is 27.5 Å². The minimum atomic E-state index is -3.79. The van der Waals surface area contributed by atoms with Crippen LogP contribution in [-0.2, 0) is 10.0 Å². The average molecular weight is 391 g/mol.